The number of anilines is 1. The van der Waals surface area contributed by atoms with Gasteiger partial charge in [-0.15, -0.1) is 6.42 Å². The molecule has 0 spiro atoms. The second-order valence-corrected chi connectivity index (χ2v) is 4.14. The van der Waals surface area contributed by atoms with Gasteiger partial charge in [0.1, 0.15) is 0 Å². The van der Waals surface area contributed by atoms with Gasteiger partial charge in [-0.1, -0.05) is 12.0 Å². The maximum atomic E-state index is 11.8. The Morgan fingerprint density at radius 3 is 2.74 bits per heavy atom. The lowest BCUT2D eigenvalue weighted by Gasteiger charge is -2.11. The molecule has 0 saturated heterocycles. The van der Waals surface area contributed by atoms with Crippen molar-refractivity contribution >= 4 is 17.5 Å². The van der Waals surface area contributed by atoms with E-state index in [0.717, 1.165) is 0 Å². The second-order valence-electron chi connectivity index (χ2n) is 4.14. The summed E-state index contributed by atoms with van der Waals surface area (Å²) < 4.78 is 0. The molecule has 100 valence electrons. The zero-order valence-electron chi connectivity index (χ0n) is 11.1. The number of hydrogen-bond donors (Lipinski definition) is 2. The van der Waals surface area contributed by atoms with Gasteiger partial charge < -0.3 is 10.2 Å². The molecule has 2 amide bonds. The Morgan fingerprint density at radius 1 is 1.37 bits per heavy atom. The van der Waals surface area contributed by atoms with Crippen molar-refractivity contribution in [1.29, 1.82) is 0 Å². The second kappa shape index (κ2) is 7.19. The van der Waals surface area contributed by atoms with Crippen molar-refractivity contribution in [3.05, 3.63) is 29.8 Å². The van der Waals surface area contributed by atoms with Gasteiger partial charge in [0.25, 0.3) is 5.91 Å². The van der Waals surface area contributed by atoms with E-state index in [1.165, 1.54) is 4.90 Å². The highest BCUT2D eigenvalue weighted by Gasteiger charge is 2.09. The zero-order chi connectivity index (χ0) is 14.3. The zero-order valence-corrected chi connectivity index (χ0v) is 11.1. The van der Waals surface area contributed by atoms with Crippen LogP contribution in [0.5, 0.6) is 0 Å². The van der Waals surface area contributed by atoms with Crippen molar-refractivity contribution in [2.45, 2.75) is 0 Å². The fourth-order valence-corrected chi connectivity index (χ4v) is 1.44. The van der Waals surface area contributed by atoms with E-state index in [2.05, 4.69) is 16.6 Å². The summed E-state index contributed by atoms with van der Waals surface area (Å²) in [6.07, 6.45) is 5.06. The van der Waals surface area contributed by atoms with Gasteiger partial charge in [0.15, 0.2) is 0 Å². The van der Waals surface area contributed by atoms with Gasteiger partial charge in [-0.3, -0.25) is 14.9 Å². The van der Waals surface area contributed by atoms with Crippen LogP contribution in [0.15, 0.2) is 24.3 Å². The van der Waals surface area contributed by atoms with Crippen molar-refractivity contribution in [3.63, 3.8) is 0 Å². The third-order valence-corrected chi connectivity index (χ3v) is 2.31. The van der Waals surface area contributed by atoms with Crippen LogP contribution in [0.2, 0.25) is 0 Å². The molecule has 1 aromatic carbocycles. The molecule has 1 aromatic rings. The number of hydrogen-bond acceptors (Lipinski definition) is 3. The fraction of sp³-hybridized carbons (Fsp3) is 0.286. The first-order valence-corrected chi connectivity index (χ1v) is 5.80. The number of nitrogens with one attached hydrogen (secondary N) is 2. The van der Waals surface area contributed by atoms with Crippen LogP contribution in [0, 0.1) is 12.3 Å². The molecule has 0 radical (unpaired) electrons. The van der Waals surface area contributed by atoms with Crippen LogP contribution in [0.1, 0.15) is 10.4 Å². The summed E-state index contributed by atoms with van der Waals surface area (Å²) in [6.45, 7) is 0.475. The van der Waals surface area contributed by atoms with Crippen molar-refractivity contribution in [2.75, 3.05) is 32.5 Å². The summed E-state index contributed by atoms with van der Waals surface area (Å²) in [5.41, 5.74) is 1.11. The fourth-order valence-electron chi connectivity index (χ4n) is 1.44. The Hall–Kier alpha value is -2.32. The molecule has 0 aliphatic carbocycles. The van der Waals surface area contributed by atoms with Crippen LogP contribution in [0.4, 0.5) is 5.69 Å². The van der Waals surface area contributed by atoms with Gasteiger partial charge >= 0.3 is 0 Å². The van der Waals surface area contributed by atoms with E-state index >= 15 is 0 Å². The minimum Gasteiger partial charge on any atom is -0.345 e. The molecule has 2 N–H and O–H groups in total. The lowest BCUT2D eigenvalue weighted by Crippen LogP contribution is -2.28. The third kappa shape index (κ3) is 4.82. The summed E-state index contributed by atoms with van der Waals surface area (Å²) in [5.74, 6) is 2.07. The molecule has 0 aliphatic heterocycles. The normalized spacial score (nSPS) is 9.53. The molecular weight excluding hydrogens is 242 g/mol. The smallest absolute Gasteiger partial charge is 0.253 e. The number of benzene rings is 1. The number of amides is 2. The van der Waals surface area contributed by atoms with E-state index in [1.807, 2.05) is 0 Å². The number of carbonyl (C=O) groups excluding carboxylic acids is 2. The largest absolute Gasteiger partial charge is 0.345 e. The van der Waals surface area contributed by atoms with E-state index in [4.69, 9.17) is 6.42 Å². The molecule has 0 atom stereocenters. The summed E-state index contributed by atoms with van der Waals surface area (Å²) in [4.78, 5) is 24.8. The first-order valence-electron chi connectivity index (χ1n) is 5.80. The average Bonchev–Trinajstić information content (AvgIpc) is 2.38. The van der Waals surface area contributed by atoms with E-state index in [9.17, 15) is 9.59 Å². The highest BCUT2D eigenvalue weighted by atomic mass is 16.2. The van der Waals surface area contributed by atoms with Crippen LogP contribution in [0.25, 0.3) is 0 Å². The maximum absolute atomic E-state index is 11.8. The molecule has 0 unspecified atom stereocenters. The molecule has 0 saturated carbocycles. The van der Waals surface area contributed by atoms with Crippen LogP contribution in [-0.2, 0) is 4.79 Å². The van der Waals surface area contributed by atoms with Gasteiger partial charge in [0.2, 0.25) is 5.91 Å². The molecule has 0 heterocycles. The number of rotatable bonds is 5. The monoisotopic (exact) mass is 259 g/mol. The van der Waals surface area contributed by atoms with Gasteiger partial charge in [0.05, 0.1) is 13.1 Å². The van der Waals surface area contributed by atoms with Crippen LogP contribution in [-0.4, -0.2) is 43.9 Å². The maximum Gasteiger partial charge on any atom is 0.253 e. The first-order chi connectivity index (χ1) is 9.04. The average molecular weight is 259 g/mol. The Kier molecular flexibility index (Phi) is 5.58. The first kappa shape index (κ1) is 14.7. The number of terminal acetylenes is 1. The Morgan fingerprint density at radius 2 is 2.11 bits per heavy atom. The lowest BCUT2D eigenvalue weighted by atomic mass is 10.2. The van der Waals surface area contributed by atoms with Crippen molar-refractivity contribution in [3.8, 4) is 12.3 Å². The molecule has 0 bridgehead atoms. The predicted octanol–water partition coefficient (Wildman–Crippen LogP) is 0.550. The minimum atomic E-state index is -0.204. The van der Waals surface area contributed by atoms with Crippen molar-refractivity contribution in [2.24, 2.45) is 0 Å². The Balaban J connectivity index is 2.65. The van der Waals surface area contributed by atoms with Gasteiger partial charge in [-0.05, 0) is 18.2 Å². The Labute approximate surface area is 113 Å². The van der Waals surface area contributed by atoms with Crippen LogP contribution >= 0.6 is 0 Å². The molecule has 5 nitrogen and oxygen atoms in total. The van der Waals surface area contributed by atoms with E-state index < -0.39 is 0 Å². The van der Waals surface area contributed by atoms with Crippen molar-refractivity contribution < 1.29 is 9.59 Å². The van der Waals surface area contributed by atoms with Crippen LogP contribution < -0.4 is 10.6 Å². The minimum absolute atomic E-state index is 0.110. The molecular formula is C14H17N3O2. The molecule has 0 aliphatic rings. The topological polar surface area (TPSA) is 61.4 Å². The quantitative estimate of drug-likeness (QED) is 0.599. The Bertz CT molecular complexity index is 504. The standard InChI is InChI=1S/C14H17N3O2/c1-4-8-15-10-13(18)16-12-7-5-6-11(9-12)14(19)17(2)3/h1,5-7,9,15H,8,10H2,2-3H3,(H,16,18). The summed E-state index contributed by atoms with van der Waals surface area (Å²) in [7, 11) is 3.36. The molecule has 0 fully saturated rings. The highest BCUT2D eigenvalue weighted by molar-refractivity contribution is 5.97. The lowest BCUT2D eigenvalue weighted by molar-refractivity contribution is -0.115. The molecule has 5 heteroatoms. The van der Waals surface area contributed by atoms with Gasteiger partial charge in [-0.2, -0.15) is 0 Å². The highest BCUT2D eigenvalue weighted by Crippen LogP contribution is 2.11. The molecule has 19 heavy (non-hydrogen) atoms. The SMILES string of the molecule is C#CCNCC(=O)Nc1cccc(C(=O)N(C)C)c1. The van der Waals surface area contributed by atoms with Gasteiger partial charge in [0, 0.05) is 25.3 Å². The number of nitrogens with zero attached hydrogens (tertiary/aromatic N) is 1. The predicted molar refractivity (Wildman–Crippen MR) is 74.8 cm³/mol. The molecule has 1 rings (SSSR count). The van der Waals surface area contributed by atoms with E-state index in [1.54, 1.807) is 38.4 Å². The van der Waals surface area contributed by atoms with E-state index in [0.29, 0.717) is 17.8 Å². The van der Waals surface area contributed by atoms with Crippen LogP contribution in [0.3, 0.4) is 0 Å². The number of carbonyl (C=O) groups is 2. The van der Waals surface area contributed by atoms with Gasteiger partial charge in [-0.25, -0.2) is 0 Å². The molecule has 0 aromatic heterocycles. The summed E-state index contributed by atoms with van der Waals surface area (Å²) in [6, 6.07) is 6.79. The van der Waals surface area contributed by atoms with Crippen molar-refractivity contribution in [1.82, 2.24) is 10.2 Å². The summed E-state index contributed by atoms with van der Waals surface area (Å²) in [5, 5.41) is 5.48. The third-order valence-electron chi connectivity index (χ3n) is 2.31. The van der Waals surface area contributed by atoms with E-state index in [-0.39, 0.29) is 18.4 Å². The summed E-state index contributed by atoms with van der Waals surface area (Å²) >= 11 is 0.